The van der Waals surface area contributed by atoms with Gasteiger partial charge < -0.3 is 4.90 Å². The van der Waals surface area contributed by atoms with Gasteiger partial charge in [0.05, 0.1) is 10.5 Å². The van der Waals surface area contributed by atoms with E-state index in [1.807, 2.05) is 0 Å². The lowest BCUT2D eigenvalue weighted by atomic mass is 10.1. The molecule has 0 aliphatic carbocycles. The lowest BCUT2D eigenvalue weighted by Crippen LogP contribution is -2.49. The number of alkyl halides is 3. The summed E-state index contributed by atoms with van der Waals surface area (Å²) in [5.74, 6) is -2.06. The summed E-state index contributed by atoms with van der Waals surface area (Å²) < 4.78 is 91.9. The molecule has 162 valence electrons. The van der Waals surface area contributed by atoms with Crippen LogP contribution in [0.5, 0.6) is 0 Å². The molecule has 2 aromatic carbocycles. The first-order chi connectivity index (χ1) is 13.9. The second kappa shape index (κ2) is 7.80. The van der Waals surface area contributed by atoms with Crippen molar-refractivity contribution in [3.63, 3.8) is 0 Å². The van der Waals surface area contributed by atoms with Crippen LogP contribution in [0, 0.1) is 21.7 Å². The first-order valence-electron chi connectivity index (χ1n) is 8.47. The van der Waals surface area contributed by atoms with Crippen molar-refractivity contribution in [3.8, 4) is 0 Å². The summed E-state index contributed by atoms with van der Waals surface area (Å²) in [5.41, 5.74) is -2.04. The third-order valence-corrected chi connectivity index (χ3v) is 6.50. The first kappa shape index (κ1) is 21.9. The second-order valence-corrected chi connectivity index (χ2v) is 8.33. The summed E-state index contributed by atoms with van der Waals surface area (Å²) in [6.45, 7) is -0.641. The number of rotatable bonds is 4. The molecule has 0 saturated carbocycles. The number of benzene rings is 2. The molecule has 0 N–H and O–H groups in total. The van der Waals surface area contributed by atoms with E-state index in [1.165, 1.54) is 4.90 Å². The number of nitro groups is 1. The van der Waals surface area contributed by atoms with E-state index >= 15 is 0 Å². The van der Waals surface area contributed by atoms with Gasteiger partial charge in [-0.15, -0.1) is 0 Å². The zero-order chi connectivity index (χ0) is 22.3. The van der Waals surface area contributed by atoms with Gasteiger partial charge in [0.2, 0.25) is 10.0 Å². The number of nitrogens with zero attached hydrogens (tertiary/aromatic N) is 3. The van der Waals surface area contributed by atoms with E-state index < -0.39 is 48.9 Å². The van der Waals surface area contributed by atoms with Crippen molar-refractivity contribution in [3.05, 3.63) is 63.7 Å². The second-order valence-electron chi connectivity index (χ2n) is 6.42. The highest BCUT2D eigenvalue weighted by atomic mass is 32.2. The number of nitro benzene ring substituents is 1. The van der Waals surface area contributed by atoms with Crippen molar-refractivity contribution in [2.24, 2.45) is 0 Å². The molecule has 1 aliphatic heterocycles. The minimum Gasteiger partial charge on any atom is -0.363 e. The van der Waals surface area contributed by atoms with Gasteiger partial charge in [0, 0.05) is 32.2 Å². The molecular weight excluding hydrogens is 437 g/mol. The quantitative estimate of drug-likeness (QED) is 0.404. The molecule has 0 radical (unpaired) electrons. The molecule has 1 heterocycles. The van der Waals surface area contributed by atoms with Crippen molar-refractivity contribution in [2.75, 3.05) is 31.1 Å². The number of hydrogen-bond donors (Lipinski definition) is 0. The fraction of sp³-hybridized carbons (Fsp3) is 0.294. The lowest BCUT2D eigenvalue weighted by Gasteiger charge is -2.35. The predicted molar refractivity (Wildman–Crippen MR) is 95.4 cm³/mol. The Hall–Kier alpha value is -2.80. The summed E-state index contributed by atoms with van der Waals surface area (Å²) in [5, 5.41) is 11.2. The lowest BCUT2D eigenvalue weighted by molar-refractivity contribution is -0.384. The van der Waals surface area contributed by atoms with Gasteiger partial charge in [-0.2, -0.15) is 17.5 Å². The van der Waals surface area contributed by atoms with Gasteiger partial charge in [-0.3, -0.25) is 10.1 Å². The topological polar surface area (TPSA) is 83.8 Å². The average Bonchev–Trinajstić information content (AvgIpc) is 2.68. The zero-order valence-corrected chi connectivity index (χ0v) is 15.9. The average molecular weight is 451 g/mol. The highest BCUT2D eigenvalue weighted by molar-refractivity contribution is 7.89. The SMILES string of the molecule is O=[N+]([O-])c1cc(C(F)(F)F)ccc1N1CCN(S(=O)(=O)c2cc(F)ccc2F)CC1. The molecular formula is C17H14F5N3O4S. The number of anilines is 1. The minimum atomic E-state index is -4.76. The molecule has 30 heavy (non-hydrogen) atoms. The maximum absolute atomic E-state index is 13.9. The molecule has 0 amide bonds. The predicted octanol–water partition coefficient (Wildman–Crippen LogP) is 3.40. The van der Waals surface area contributed by atoms with Crippen molar-refractivity contribution in [2.45, 2.75) is 11.1 Å². The van der Waals surface area contributed by atoms with Crippen LogP contribution in [0.25, 0.3) is 0 Å². The van der Waals surface area contributed by atoms with Crippen LogP contribution in [-0.4, -0.2) is 43.8 Å². The van der Waals surface area contributed by atoms with Crippen molar-refractivity contribution in [1.29, 1.82) is 0 Å². The van der Waals surface area contributed by atoms with Crippen molar-refractivity contribution >= 4 is 21.4 Å². The Morgan fingerprint density at radius 1 is 0.967 bits per heavy atom. The first-order valence-corrected chi connectivity index (χ1v) is 9.91. The van der Waals surface area contributed by atoms with Gasteiger partial charge in [0.15, 0.2) is 0 Å². The summed E-state index contributed by atoms with van der Waals surface area (Å²) in [4.78, 5) is 10.8. The Labute approximate surface area is 167 Å². The van der Waals surface area contributed by atoms with Gasteiger partial charge >= 0.3 is 6.18 Å². The number of piperazine rings is 1. The van der Waals surface area contributed by atoms with E-state index in [0.29, 0.717) is 24.3 Å². The van der Waals surface area contributed by atoms with Gasteiger partial charge in [-0.1, -0.05) is 0 Å². The smallest absolute Gasteiger partial charge is 0.363 e. The van der Waals surface area contributed by atoms with Crippen LogP contribution in [0.3, 0.4) is 0 Å². The molecule has 1 saturated heterocycles. The fourth-order valence-electron chi connectivity index (χ4n) is 3.10. The Kier molecular flexibility index (Phi) is 5.69. The van der Waals surface area contributed by atoms with Gasteiger partial charge in [-0.05, 0) is 30.3 Å². The molecule has 0 bridgehead atoms. The van der Waals surface area contributed by atoms with E-state index in [9.17, 15) is 40.5 Å². The van der Waals surface area contributed by atoms with E-state index in [1.54, 1.807) is 0 Å². The van der Waals surface area contributed by atoms with Crippen LogP contribution in [0.15, 0.2) is 41.3 Å². The van der Waals surface area contributed by atoms with Gasteiger partial charge in [0.25, 0.3) is 5.69 Å². The summed E-state index contributed by atoms with van der Waals surface area (Å²) in [7, 11) is -4.36. The van der Waals surface area contributed by atoms with Gasteiger partial charge in [0.1, 0.15) is 22.2 Å². The maximum atomic E-state index is 13.9. The summed E-state index contributed by atoms with van der Waals surface area (Å²) in [6.07, 6.45) is -4.76. The van der Waals surface area contributed by atoms with E-state index in [-0.39, 0.29) is 31.9 Å². The fourth-order valence-corrected chi connectivity index (χ4v) is 4.59. The van der Waals surface area contributed by atoms with Crippen LogP contribution in [-0.2, 0) is 16.2 Å². The third kappa shape index (κ3) is 4.21. The Bertz CT molecular complexity index is 1080. The Morgan fingerprint density at radius 2 is 1.60 bits per heavy atom. The molecule has 0 aromatic heterocycles. The standard InChI is InChI=1S/C17H14F5N3O4S/c18-12-2-3-13(19)16(10-12)30(28,29)24-7-5-23(6-8-24)14-4-1-11(17(20,21)22)9-15(14)25(26)27/h1-4,9-10H,5-8H2. The van der Waals surface area contributed by atoms with E-state index in [2.05, 4.69) is 0 Å². The molecule has 0 atom stereocenters. The van der Waals surface area contributed by atoms with E-state index in [0.717, 1.165) is 16.4 Å². The monoisotopic (exact) mass is 451 g/mol. The highest BCUT2D eigenvalue weighted by Gasteiger charge is 2.36. The largest absolute Gasteiger partial charge is 0.416 e. The molecule has 2 aromatic rings. The van der Waals surface area contributed by atoms with Crippen molar-refractivity contribution < 1.29 is 35.3 Å². The molecule has 3 rings (SSSR count). The van der Waals surface area contributed by atoms with Crippen LogP contribution in [0.4, 0.5) is 33.3 Å². The van der Waals surface area contributed by atoms with Crippen LogP contribution >= 0.6 is 0 Å². The summed E-state index contributed by atoms with van der Waals surface area (Å²) >= 11 is 0. The van der Waals surface area contributed by atoms with Crippen molar-refractivity contribution in [1.82, 2.24) is 4.31 Å². The third-order valence-electron chi connectivity index (χ3n) is 4.59. The maximum Gasteiger partial charge on any atom is 0.416 e. The normalized spacial score (nSPS) is 16.0. The summed E-state index contributed by atoms with van der Waals surface area (Å²) in [6, 6.07) is 4.09. The zero-order valence-electron chi connectivity index (χ0n) is 15.1. The molecule has 13 heteroatoms. The van der Waals surface area contributed by atoms with Gasteiger partial charge in [-0.25, -0.2) is 17.2 Å². The number of sulfonamides is 1. The van der Waals surface area contributed by atoms with Crippen LogP contribution in [0.2, 0.25) is 0 Å². The van der Waals surface area contributed by atoms with Crippen LogP contribution < -0.4 is 4.90 Å². The molecule has 0 unspecified atom stereocenters. The highest BCUT2D eigenvalue weighted by Crippen LogP contribution is 2.37. The molecule has 1 aliphatic rings. The molecule has 7 nitrogen and oxygen atoms in total. The minimum absolute atomic E-state index is 0.0949. The van der Waals surface area contributed by atoms with E-state index in [4.69, 9.17) is 0 Å². The molecule has 0 spiro atoms. The van der Waals surface area contributed by atoms with Crippen LogP contribution in [0.1, 0.15) is 5.56 Å². The number of halogens is 5. The Balaban J connectivity index is 1.83. The number of hydrogen-bond acceptors (Lipinski definition) is 5. The molecule has 1 fully saturated rings. The Morgan fingerprint density at radius 3 is 2.17 bits per heavy atom.